The molecule has 4 rings (SSSR count). The summed E-state index contributed by atoms with van der Waals surface area (Å²) in [5, 5.41) is 1.09. The molecular weight excluding hydrogens is 422 g/mol. The van der Waals surface area contributed by atoms with E-state index in [1.165, 1.54) is 6.26 Å². The van der Waals surface area contributed by atoms with Gasteiger partial charge in [0.2, 0.25) is 0 Å². The predicted molar refractivity (Wildman–Crippen MR) is 129 cm³/mol. The minimum absolute atomic E-state index is 0.0121. The first-order valence-electron chi connectivity index (χ1n) is 10.1. The number of aromatic nitrogens is 2. The van der Waals surface area contributed by atoms with Crippen LogP contribution in [-0.2, 0) is 9.84 Å². The van der Waals surface area contributed by atoms with E-state index >= 15 is 0 Å². The summed E-state index contributed by atoms with van der Waals surface area (Å²) in [4.78, 5) is 21.5. The molecule has 2 aromatic heterocycles. The van der Waals surface area contributed by atoms with Gasteiger partial charge in [0, 0.05) is 54.4 Å². The number of hydrogen-bond donors (Lipinski definition) is 1. The molecule has 0 aliphatic carbocycles. The van der Waals surface area contributed by atoms with Gasteiger partial charge in [0.1, 0.15) is 0 Å². The Hall–Kier alpha value is -3.45. The molecule has 0 saturated heterocycles. The van der Waals surface area contributed by atoms with Gasteiger partial charge in [-0.15, -0.1) is 0 Å². The Morgan fingerprint density at radius 1 is 0.938 bits per heavy atom. The number of rotatable bonds is 3. The van der Waals surface area contributed by atoms with E-state index in [-0.39, 0.29) is 5.91 Å². The standard InChI is InChI=1S/C17H17N3O.C8H10O2S/c1-11-8-15-14(10-18-11)9-16(19-15)12-4-6-13(7-5-12)17(21)20(2)3;1-7-3-5-8(6-4-7)11(2,9)10/h4-10,19H,1-3H3;3-6H,1-2H3. The molecule has 2 aromatic carbocycles. The van der Waals surface area contributed by atoms with E-state index in [1.807, 2.05) is 50.4 Å². The van der Waals surface area contributed by atoms with Crippen molar-refractivity contribution in [3.05, 3.63) is 83.7 Å². The van der Waals surface area contributed by atoms with Gasteiger partial charge in [-0.3, -0.25) is 9.78 Å². The van der Waals surface area contributed by atoms with Crippen LogP contribution in [0.1, 0.15) is 21.6 Å². The second-order valence-corrected chi connectivity index (χ2v) is 9.97. The van der Waals surface area contributed by atoms with Crippen molar-refractivity contribution in [3.8, 4) is 11.3 Å². The molecule has 0 unspecified atom stereocenters. The summed E-state index contributed by atoms with van der Waals surface area (Å²) in [5.41, 5.74) is 5.91. The van der Waals surface area contributed by atoms with Crippen LogP contribution in [0.25, 0.3) is 22.2 Å². The van der Waals surface area contributed by atoms with E-state index in [2.05, 4.69) is 16.0 Å². The zero-order valence-electron chi connectivity index (χ0n) is 18.9. The highest BCUT2D eigenvalue weighted by molar-refractivity contribution is 7.90. The molecular formula is C25H27N3O3S. The first kappa shape index (κ1) is 23.2. The second-order valence-electron chi connectivity index (χ2n) is 7.96. The van der Waals surface area contributed by atoms with Gasteiger partial charge in [0.15, 0.2) is 9.84 Å². The van der Waals surface area contributed by atoms with Crippen molar-refractivity contribution in [1.29, 1.82) is 0 Å². The number of aromatic amines is 1. The predicted octanol–water partition coefficient (Wildman–Crippen LogP) is 4.64. The number of nitrogens with one attached hydrogen (secondary N) is 1. The first-order chi connectivity index (χ1) is 15.0. The summed E-state index contributed by atoms with van der Waals surface area (Å²) in [6.45, 7) is 3.90. The van der Waals surface area contributed by atoms with E-state index in [9.17, 15) is 13.2 Å². The summed E-state index contributed by atoms with van der Waals surface area (Å²) in [6, 6.07) is 18.5. The largest absolute Gasteiger partial charge is 0.354 e. The topological polar surface area (TPSA) is 83.1 Å². The van der Waals surface area contributed by atoms with Crippen molar-refractivity contribution in [3.63, 3.8) is 0 Å². The zero-order chi connectivity index (χ0) is 23.5. The number of amides is 1. The molecule has 0 aliphatic rings. The quantitative estimate of drug-likeness (QED) is 0.494. The Morgan fingerprint density at radius 3 is 2.12 bits per heavy atom. The van der Waals surface area contributed by atoms with Crippen LogP contribution in [-0.4, -0.2) is 49.5 Å². The molecule has 0 atom stereocenters. The SMILES string of the molecule is Cc1cc2[nH]c(-c3ccc(C(=O)N(C)C)cc3)cc2cn1.Cc1ccc(S(C)(=O)=O)cc1. The van der Waals surface area contributed by atoms with Gasteiger partial charge in [-0.2, -0.15) is 0 Å². The average Bonchev–Trinajstić information content (AvgIpc) is 3.16. The minimum atomic E-state index is -3.02. The van der Waals surface area contributed by atoms with Crippen molar-refractivity contribution in [2.24, 2.45) is 0 Å². The smallest absolute Gasteiger partial charge is 0.253 e. The van der Waals surface area contributed by atoms with Gasteiger partial charge in [-0.05, 0) is 55.8 Å². The number of carbonyl (C=O) groups excluding carboxylic acids is 1. The second kappa shape index (κ2) is 9.36. The fourth-order valence-electron chi connectivity index (χ4n) is 3.12. The van der Waals surface area contributed by atoms with Crippen molar-refractivity contribution in [2.75, 3.05) is 20.4 Å². The van der Waals surface area contributed by atoms with E-state index in [1.54, 1.807) is 43.3 Å². The highest BCUT2D eigenvalue weighted by Crippen LogP contribution is 2.24. The molecule has 32 heavy (non-hydrogen) atoms. The molecule has 0 bridgehead atoms. The lowest BCUT2D eigenvalue weighted by atomic mass is 10.1. The summed E-state index contributed by atoms with van der Waals surface area (Å²) < 4.78 is 21.9. The molecule has 4 aromatic rings. The summed E-state index contributed by atoms with van der Waals surface area (Å²) in [7, 11) is 0.487. The monoisotopic (exact) mass is 449 g/mol. The molecule has 0 saturated carbocycles. The molecule has 166 valence electrons. The summed E-state index contributed by atoms with van der Waals surface area (Å²) in [5.74, 6) is 0.0121. The van der Waals surface area contributed by atoms with Crippen LogP contribution in [0.2, 0.25) is 0 Å². The normalized spacial score (nSPS) is 11.0. The van der Waals surface area contributed by atoms with Crippen LogP contribution in [0.15, 0.2) is 71.8 Å². The first-order valence-corrected chi connectivity index (χ1v) is 12.0. The number of pyridine rings is 1. The maximum Gasteiger partial charge on any atom is 0.253 e. The number of carbonyl (C=O) groups is 1. The molecule has 7 heteroatoms. The van der Waals surface area contributed by atoms with Crippen molar-refractivity contribution in [1.82, 2.24) is 14.9 Å². The number of benzene rings is 2. The van der Waals surface area contributed by atoms with Gasteiger partial charge < -0.3 is 9.88 Å². The Balaban J connectivity index is 0.000000222. The van der Waals surface area contributed by atoms with Crippen LogP contribution in [0.4, 0.5) is 0 Å². The van der Waals surface area contributed by atoms with Crippen LogP contribution in [0, 0.1) is 13.8 Å². The molecule has 0 fully saturated rings. The van der Waals surface area contributed by atoms with E-state index in [0.717, 1.165) is 33.4 Å². The lowest BCUT2D eigenvalue weighted by molar-refractivity contribution is 0.0827. The number of sulfone groups is 1. The molecule has 2 heterocycles. The third kappa shape index (κ3) is 5.62. The Labute approximate surface area is 188 Å². The zero-order valence-corrected chi connectivity index (χ0v) is 19.7. The van der Waals surface area contributed by atoms with Crippen molar-refractivity contribution in [2.45, 2.75) is 18.7 Å². The lowest BCUT2D eigenvalue weighted by Crippen LogP contribution is -2.21. The molecule has 1 amide bonds. The van der Waals surface area contributed by atoms with Crippen LogP contribution < -0.4 is 0 Å². The Bertz CT molecular complexity index is 1340. The molecule has 0 aliphatic heterocycles. The fraction of sp³-hybridized carbons (Fsp3) is 0.200. The highest BCUT2D eigenvalue weighted by Gasteiger charge is 2.09. The average molecular weight is 450 g/mol. The number of hydrogen-bond acceptors (Lipinski definition) is 4. The van der Waals surface area contributed by atoms with E-state index < -0.39 is 9.84 Å². The van der Waals surface area contributed by atoms with E-state index in [4.69, 9.17) is 0 Å². The van der Waals surface area contributed by atoms with Crippen LogP contribution in [0.3, 0.4) is 0 Å². The third-order valence-electron chi connectivity index (χ3n) is 4.94. The summed E-state index contributed by atoms with van der Waals surface area (Å²) >= 11 is 0. The van der Waals surface area contributed by atoms with Gasteiger partial charge in [-0.25, -0.2) is 8.42 Å². The molecule has 0 radical (unpaired) electrons. The highest BCUT2D eigenvalue weighted by atomic mass is 32.2. The summed E-state index contributed by atoms with van der Waals surface area (Å²) in [6.07, 6.45) is 3.08. The maximum absolute atomic E-state index is 11.9. The number of fused-ring (bicyclic) bond motifs is 1. The minimum Gasteiger partial charge on any atom is -0.354 e. The number of aryl methyl sites for hydroxylation is 2. The third-order valence-corrected chi connectivity index (χ3v) is 6.07. The van der Waals surface area contributed by atoms with Crippen molar-refractivity contribution >= 4 is 26.6 Å². The van der Waals surface area contributed by atoms with Gasteiger partial charge in [-0.1, -0.05) is 29.8 Å². The van der Waals surface area contributed by atoms with Gasteiger partial charge in [0.05, 0.1) is 4.90 Å². The van der Waals surface area contributed by atoms with Gasteiger partial charge >= 0.3 is 0 Å². The molecule has 6 nitrogen and oxygen atoms in total. The maximum atomic E-state index is 11.9. The molecule has 0 spiro atoms. The van der Waals surface area contributed by atoms with Gasteiger partial charge in [0.25, 0.3) is 5.91 Å². The number of H-pyrrole nitrogens is 1. The van der Waals surface area contributed by atoms with E-state index in [0.29, 0.717) is 10.5 Å². The lowest BCUT2D eigenvalue weighted by Gasteiger charge is -2.10. The van der Waals surface area contributed by atoms with Crippen LogP contribution in [0.5, 0.6) is 0 Å². The molecule has 1 N–H and O–H groups in total. The fourth-order valence-corrected chi connectivity index (χ4v) is 3.75. The van der Waals surface area contributed by atoms with Crippen LogP contribution >= 0.6 is 0 Å². The Morgan fingerprint density at radius 2 is 1.56 bits per heavy atom. The number of nitrogens with zero attached hydrogens (tertiary/aromatic N) is 2. The Kier molecular flexibility index (Phi) is 6.79. The van der Waals surface area contributed by atoms with Crippen molar-refractivity contribution < 1.29 is 13.2 Å².